The number of rotatable bonds is 9. The summed E-state index contributed by atoms with van der Waals surface area (Å²) in [7, 11) is 1.41. The minimum absolute atomic E-state index is 0.00127. The summed E-state index contributed by atoms with van der Waals surface area (Å²) in [5.41, 5.74) is 3.72. The molecule has 2 aromatic rings. The van der Waals surface area contributed by atoms with Gasteiger partial charge in [0.2, 0.25) is 0 Å². The first-order chi connectivity index (χ1) is 17.8. The van der Waals surface area contributed by atoms with E-state index in [-0.39, 0.29) is 69.9 Å². The molecule has 0 saturated heterocycles. The van der Waals surface area contributed by atoms with Gasteiger partial charge < -0.3 is 29.9 Å². The average molecular weight is 523 g/mol. The molecule has 1 aliphatic rings. The lowest BCUT2D eigenvalue weighted by Gasteiger charge is -2.31. The van der Waals surface area contributed by atoms with Crippen molar-refractivity contribution >= 4 is 5.78 Å². The zero-order chi connectivity index (χ0) is 28.3. The maximum absolute atomic E-state index is 13.5. The van der Waals surface area contributed by atoms with Crippen molar-refractivity contribution in [2.45, 2.75) is 66.4 Å². The normalized spacial score (nSPS) is 15.2. The second-order valence-corrected chi connectivity index (χ2v) is 10.4. The van der Waals surface area contributed by atoms with Crippen LogP contribution in [0.5, 0.6) is 34.5 Å². The van der Waals surface area contributed by atoms with Gasteiger partial charge in [0, 0.05) is 23.3 Å². The van der Waals surface area contributed by atoms with Gasteiger partial charge in [-0.15, -0.1) is 0 Å². The van der Waals surface area contributed by atoms with Crippen LogP contribution in [0.4, 0.5) is 0 Å². The van der Waals surface area contributed by atoms with Crippen molar-refractivity contribution < 1.29 is 34.7 Å². The molecule has 0 aromatic heterocycles. The van der Waals surface area contributed by atoms with Crippen molar-refractivity contribution in [3.05, 3.63) is 69.8 Å². The van der Waals surface area contributed by atoms with E-state index in [1.54, 1.807) is 0 Å². The van der Waals surface area contributed by atoms with Gasteiger partial charge in [0.1, 0.15) is 46.2 Å². The highest BCUT2D eigenvalue weighted by atomic mass is 16.5. The Kier molecular flexibility index (Phi) is 8.82. The van der Waals surface area contributed by atoms with Crippen LogP contribution in [0.1, 0.15) is 80.6 Å². The minimum Gasteiger partial charge on any atom is -0.507 e. The van der Waals surface area contributed by atoms with E-state index in [4.69, 9.17) is 9.47 Å². The monoisotopic (exact) mass is 522 g/mol. The molecule has 0 radical (unpaired) electrons. The third kappa shape index (κ3) is 5.98. The molecular formula is C31H38O7. The molecule has 2 aromatic carbocycles. The number of allylic oxidation sites excluding steroid dienone is 5. The quantitative estimate of drug-likeness (QED) is 0.267. The summed E-state index contributed by atoms with van der Waals surface area (Å²) < 4.78 is 11.3. The average Bonchev–Trinajstić information content (AvgIpc) is 2.81. The topological polar surface area (TPSA) is 116 Å². The predicted molar refractivity (Wildman–Crippen MR) is 148 cm³/mol. The van der Waals surface area contributed by atoms with Crippen molar-refractivity contribution in [1.82, 2.24) is 0 Å². The number of phenols is 4. The highest BCUT2D eigenvalue weighted by molar-refractivity contribution is 6.04. The van der Waals surface area contributed by atoms with Gasteiger partial charge in [0.15, 0.2) is 5.78 Å². The summed E-state index contributed by atoms with van der Waals surface area (Å²) in [6.07, 6.45) is 3.93. The standard InChI is InChI=1S/C31H38O7/c1-16(2)8-10-19(18(5)6)12-22-29(35)21(11-9-17(3)4)30(36)28-25(34)15-26(38-31(22)28)27-23(32)13-20(37-7)14-24(27)33/h8-9,13-14,19,26,32-33,35-36H,5,10-12,15H2,1-4,6-7H3/t19-,26+/m1/s1. The van der Waals surface area contributed by atoms with Gasteiger partial charge >= 0.3 is 0 Å². The highest BCUT2D eigenvalue weighted by Gasteiger charge is 2.38. The van der Waals surface area contributed by atoms with E-state index >= 15 is 0 Å². The van der Waals surface area contributed by atoms with Crippen LogP contribution in [-0.4, -0.2) is 33.3 Å². The summed E-state index contributed by atoms with van der Waals surface area (Å²) >= 11 is 0. The number of aromatic hydroxyl groups is 4. The van der Waals surface area contributed by atoms with Gasteiger partial charge in [-0.2, -0.15) is 0 Å². The van der Waals surface area contributed by atoms with Gasteiger partial charge in [-0.3, -0.25) is 4.79 Å². The smallest absolute Gasteiger partial charge is 0.174 e. The lowest BCUT2D eigenvalue weighted by Crippen LogP contribution is -2.23. The summed E-state index contributed by atoms with van der Waals surface area (Å²) in [5, 5.41) is 43.8. The lowest BCUT2D eigenvalue weighted by atomic mass is 9.84. The van der Waals surface area contributed by atoms with Crippen molar-refractivity contribution in [2.24, 2.45) is 5.92 Å². The van der Waals surface area contributed by atoms with Crippen LogP contribution in [-0.2, 0) is 12.8 Å². The van der Waals surface area contributed by atoms with Crippen LogP contribution in [0.25, 0.3) is 0 Å². The zero-order valence-electron chi connectivity index (χ0n) is 23.0. The van der Waals surface area contributed by atoms with Crippen LogP contribution in [0.2, 0.25) is 0 Å². The van der Waals surface area contributed by atoms with Gasteiger partial charge in [0.25, 0.3) is 0 Å². The third-order valence-electron chi connectivity index (χ3n) is 6.85. The Balaban J connectivity index is 2.22. The van der Waals surface area contributed by atoms with Crippen LogP contribution in [0, 0.1) is 5.92 Å². The fourth-order valence-corrected chi connectivity index (χ4v) is 4.63. The molecule has 7 nitrogen and oxygen atoms in total. The summed E-state index contributed by atoms with van der Waals surface area (Å²) in [5.74, 6) is -1.22. The number of ether oxygens (including phenoxy) is 2. The molecule has 7 heteroatoms. The second kappa shape index (κ2) is 11.7. The fourth-order valence-electron chi connectivity index (χ4n) is 4.63. The number of fused-ring (bicyclic) bond motifs is 1. The van der Waals surface area contributed by atoms with Gasteiger partial charge in [-0.1, -0.05) is 35.5 Å². The molecule has 1 heterocycles. The first-order valence-corrected chi connectivity index (χ1v) is 12.7. The van der Waals surface area contributed by atoms with Crippen LogP contribution in [0.15, 0.2) is 47.6 Å². The Morgan fingerprint density at radius 1 is 1.03 bits per heavy atom. The molecule has 0 unspecified atom stereocenters. The van der Waals surface area contributed by atoms with Gasteiger partial charge in [-0.25, -0.2) is 0 Å². The SMILES string of the molecule is C=C(C)[C@H](CC=C(C)C)Cc1c(O)c(CC=C(C)C)c(O)c2c1O[C@H](c1c(O)cc(OC)cc1O)CC2=O. The largest absolute Gasteiger partial charge is 0.507 e. The van der Waals surface area contributed by atoms with Crippen molar-refractivity contribution in [1.29, 1.82) is 0 Å². The van der Waals surface area contributed by atoms with E-state index in [0.29, 0.717) is 18.4 Å². The molecule has 1 aliphatic heterocycles. The molecule has 204 valence electrons. The zero-order valence-corrected chi connectivity index (χ0v) is 23.0. The molecule has 0 bridgehead atoms. The predicted octanol–water partition coefficient (Wildman–Crippen LogP) is 6.82. The molecule has 0 saturated carbocycles. The van der Waals surface area contributed by atoms with Crippen LogP contribution in [0.3, 0.4) is 0 Å². The van der Waals surface area contributed by atoms with E-state index in [9.17, 15) is 25.2 Å². The summed E-state index contributed by atoms with van der Waals surface area (Å²) in [6.45, 7) is 13.9. The highest BCUT2D eigenvalue weighted by Crippen LogP contribution is 2.51. The maximum Gasteiger partial charge on any atom is 0.174 e. The summed E-state index contributed by atoms with van der Waals surface area (Å²) in [4.78, 5) is 13.5. The molecular weight excluding hydrogens is 484 g/mol. The molecule has 2 atom stereocenters. The Bertz CT molecular complexity index is 1290. The Morgan fingerprint density at radius 2 is 1.63 bits per heavy atom. The van der Waals surface area contributed by atoms with E-state index in [1.165, 1.54) is 19.2 Å². The molecule has 4 N–H and O–H groups in total. The Labute approximate surface area is 224 Å². The van der Waals surface area contributed by atoms with Gasteiger partial charge in [-0.05, 0) is 59.8 Å². The van der Waals surface area contributed by atoms with E-state index in [0.717, 1.165) is 16.7 Å². The van der Waals surface area contributed by atoms with Crippen LogP contribution >= 0.6 is 0 Å². The van der Waals surface area contributed by atoms with E-state index in [2.05, 4.69) is 12.7 Å². The maximum atomic E-state index is 13.5. The van der Waals surface area contributed by atoms with Crippen LogP contribution < -0.4 is 9.47 Å². The Morgan fingerprint density at radius 3 is 2.16 bits per heavy atom. The van der Waals surface area contributed by atoms with E-state index < -0.39 is 11.9 Å². The van der Waals surface area contributed by atoms with Crippen molar-refractivity contribution in [3.8, 4) is 34.5 Å². The van der Waals surface area contributed by atoms with Gasteiger partial charge in [0.05, 0.1) is 19.1 Å². The molecule has 0 fully saturated rings. The summed E-state index contributed by atoms with van der Waals surface area (Å²) in [6, 6.07) is 2.65. The number of hydrogen-bond acceptors (Lipinski definition) is 7. The van der Waals surface area contributed by atoms with E-state index in [1.807, 2.05) is 40.7 Å². The lowest BCUT2D eigenvalue weighted by molar-refractivity contribution is 0.0835. The number of Topliss-reactive ketones (excluding diaryl/α,β-unsaturated/α-hetero) is 1. The molecule has 0 spiro atoms. The van der Waals surface area contributed by atoms with Crippen molar-refractivity contribution in [3.63, 3.8) is 0 Å². The fraction of sp³-hybridized carbons (Fsp3) is 0.387. The number of benzene rings is 2. The first-order valence-electron chi connectivity index (χ1n) is 12.7. The first kappa shape index (κ1) is 28.7. The number of carbonyl (C=O) groups excluding carboxylic acids is 1. The second-order valence-electron chi connectivity index (χ2n) is 10.4. The number of hydrogen-bond donors (Lipinski definition) is 4. The Hall–Kier alpha value is -3.87. The minimum atomic E-state index is -1.04. The van der Waals surface area contributed by atoms with Crippen molar-refractivity contribution in [2.75, 3.05) is 7.11 Å². The number of ketones is 1. The third-order valence-corrected chi connectivity index (χ3v) is 6.85. The number of carbonyl (C=O) groups is 1. The number of phenolic OH excluding ortho intramolecular Hbond substituents is 4. The molecule has 0 aliphatic carbocycles. The number of methoxy groups -OCH3 is 1. The molecule has 3 rings (SSSR count). The molecule has 0 amide bonds. The molecule has 38 heavy (non-hydrogen) atoms.